The highest BCUT2D eigenvalue weighted by molar-refractivity contribution is 6.03. The first-order chi connectivity index (χ1) is 8.65. The minimum atomic E-state index is -0.855. The molecule has 1 unspecified atom stereocenters. The van der Waals surface area contributed by atoms with Crippen molar-refractivity contribution < 1.29 is 14.3 Å². The third-order valence-corrected chi connectivity index (χ3v) is 3.09. The number of nitrogens with two attached hydrogens (primary N) is 1. The van der Waals surface area contributed by atoms with Crippen molar-refractivity contribution in [1.29, 1.82) is 0 Å². The number of Topliss-reactive ketones (excluding diaryl/α,β-unsaturated/α-hetero) is 1. The van der Waals surface area contributed by atoms with E-state index >= 15 is 0 Å². The van der Waals surface area contributed by atoms with Gasteiger partial charge in [-0.15, -0.1) is 0 Å². The van der Waals surface area contributed by atoms with Crippen LogP contribution in [0.15, 0.2) is 24.3 Å². The van der Waals surface area contributed by atoms with Crippen LogP contribution >= 0.6 is 0 Å². The quantitative estimate of drug-likeness (QED) is 0.808. The molecule has 1 aliphatic heterocycles. The zero-order chi connectivity index (χ0) is 13.0. The summed E-state index contributed by atoms with van der Waals surface area (Å²) in [4.78, 5) is 12.2. The van der Waals surface area contributed by atoms with Gasteiger partial charge in [-0.25, -0.2) is 0 Å². The lowest BCUT2D eigenvalue weighted by Crippen LogP contribution is -2.48. The number of carbonyl (C=O) groups excluding carboxylic acids is 1. The van der Waals surface area contributed by atoms with Gasteiger partial charge in [-0.2, -0.15) is 0 Å². The van der Waals surface area contributed by atoms with Gasteiger partial charge in [0, 0.05) is 12.2 Å². The number of benzene rings is 1. The Kier molecular flexibility index (Phi) is 3.99. The van der Waals surface area contributed by atoms with Crippen molar-refractivity contribution in [3.63, 3.8) is 0 Å². The van der Waals surface area contributed by atoms with Gasteiger partial charge in [0.2, 0.25) is 0 Å². The summed E-state index contributed by atoms with van der Waals surface area (Å²) in [6.07, 6.45) is 1.55. The van der Waals surface area contributed by atoms with Crippen LogP contribution in [0.25, 0.3) is 0 Å². The van der Waals surface area contributed by atoms with Crippen LogP contribution in [-0.2, 0) is 4.74 Å². The molecule has 98 valence electrons. The SMILES string of the molecule is CCCOc1ccc(C(=O)C2(N)CCOC2)cc1. The molecule has 1 saturated heterocycles. The van der Waals surface area contributed by atoms with Crippen LogP contribution in [-0.4, -0.2) is 31.1 Å². The molecule has 4 heteroatoms. The van der Waals surface area contributed by atoms with Crippen LogP contribution in [0.4, 0.5) is 0 Å². The topological polar surface area (TPSA) is 61.5 Å². The maximum absolute atomic E-state index is 12.2. The van der Waals surface area contributed by atoms with Crippen molar-refractivity contribution in [1.82, 2.24) is 0 Å². The molecular formula is C14H19NO3. The normalized spacial score (nSPS) is 23.0. The lowest BCUT2D eigenvalue weighted by molar-refractivity contribution is 0.0863. The summed E-state index contributed by atoms with van der Waals surface area (Å²) in [7, 11) is 0. The summed E-state index contributed by atoms with van der Waals surface area (Å²) < 4.78 is 10.7. The fourth-order valence-electron chi connectivity index (χ4n) is 1.97. The third kappa shape index (κ3) is 2.71. The van der Waals surface area contributed by atoms with Crippen LogP contribution in [0.5, 0.6) is 5.75 Å². The molecule has 2 rings (SSSR count). The van der Waals surface area contributed by atoms with Crippen LogP contribution in [0.3, 0.4) is 0 Å². The maximum atomic E-state index is 12.2. The summed E-state index contributed by atoms with van der Waals surface area (Å²) in [6.45, 7) is 3.60. The van der Waals surface area contributed by atoms with Crippen LogP contribution in [0.2, 0.25) is 0 Å². The van der Waals surface area contributed by atoms with Crippen molar-refractivity contribution >= 4 is 5.78 Å². The van der Waals surface area contributed by atoms with Crippen LogP contribution in [0, 0.1) is 0 Å². The standard InChI is InChI=1S/C14H19NO3/c1-2-8-18-12-5-3-11(4-6-12)13(16)14(15)7-9-17-10-14/h3-6H,2,7-10,15H2,1H3. The number of hydrogen-bond donors (Lipinski definition) is 1. The van der Waals surface area contributed by atoms with Gasteiger partial charge in [-0.05, 0) is 37.1 Å². The van der Waals surface area contributed by atoms with Crippen molar-refractivity contribution in [2.45, 2.75) is 25.3 Å². The Bertz CT molecular complexity index is 408. The highest BCUT2D eigenvalue weighted by Gasteiger charge is 2.38. The highest BCUT2D eigenvalue weighted by Crippen LogP contribution is 2.22. The summed E-state index contributed by atoms with van der Waals surface area (Å²) in [5, 5.41) is 0. The zero-order valence-electron chi connectivity index (χ0n) is 10.6. The van der Waals surface area contributed by atoms with E-state index in [2.05, 4.69) is 6.92 Å². The van der Waals surface area contributed by atoms with Gasteiger partial charge in [-0.3, -0.25) is 4.79 Å². The van der Waals surface area contributed by atoms with E-state index in [0.29, 0.717) is 31.8 Å². The number of ketones is 1. The van der Waals surface area contributed by atoms with Gasteiger partial charge < -0.3 is 15.2 Å². The van der Waals surface area contributed by atoms with Gasteiger partial charge >= 0.3 is 0 Å². The lowest BCUT2D eigenvalue weighted by atomic mass is 9.90. The van der Waals surface area contributed by atoms with E-state index in [1.165, 1.54) is 0 Å². The van der Waals surface area contributed by atoms with Crippen molar-refractivity contribution in [2.24, 2.45) is 5.73 Å². The molecule has 0 spiro atoms. The Morgan fingerprint density at radius 2 is 2.17 bits per heavy atom. The number of hydrogen-bond acceptors (Lipinski definition) is 4. The highest BCUT2D eigenvalue weighted by atomic mass is 16.5. The first-order valence-electron chi connectivity index (χ1n) is 6.30. The number of carbonyl (C=O) groups is 1. The Balaban J connectivity index is 2.07. The molecule has 2 N–H and O–H groups in total. The maximum Gasteiger partial charge on any atom is 0.185 e. The van der Waals surface area contributed by atoms with Crippen molar-refractivity contribution in [2.75, 3.05) is 19.8 Å². The molecule has 18 heavy (non-hydrogen) atoms. The van der Waals surface area contributed by atoms with E-state index in [-0.39, 0.29) is 5.78 Å². The molecule has 0 radical (unpaired) electrons. The second-order valence-corrected chi connectivity index (χ2v) is 4.66. The molecule has 0 amide bonds. The van der Waals surface area contributed by atoms with Gasteiger partial charge in [0.25, 0.3) is 0 Å². The molecule has 1 heterocycles. The summed E-state index contributed by atoms with van der Waals surface area (Å²) in [6, 6.07) is 7.14. The molecule has 1 aromatic carbocycles. The Hall–Kier alpha value is -1.39. The molecule has 0 aliphatic carbocycles. The Morgan fingerprint density at radius 3 is 2.72 bits per heavy atom. The van der Waals surface area contributed by atoms with Gasteiger partial charge in [-0.1, -0.05) is 6.92 Å². The van der Waals surface area contributed by atoms with Crippen molar-refractivity contribution in [3.8, 4) is 5.75 Å². The van der Waals surface area contributed by atoms with Crippen LogP contribution < -0.4 is 10.5 Å². The molecule has 1 fully saturated rings. The zero-order valence-corrected chi connectivity index (χ0v) is 10.6. The van der Waals surface area contributed by atoms with Crippen LogP contribution in [0.1, 0.15) is 30.1 Å². The largest absolute Gasteiger partial charge is 0.494 e. The number of ether oxygens (including phenoxy) is 2. The molecule has 4 nitrogen and oxygen atoms in total. The molecular weight excluding hydrogens is 230 g/mol. The molecule has 1 aliphatic rings. The third-order valence-electron chi connectivity index (χ3n) is 3.09. The second-order valence-electron chi connectivity index (χ2n) is 4.66. The van der Waals surface area contributed by atoms with E-state index in [4.69, 9.17) is 15.2 Å². The molecule has 0 bridgehead atoms. The monoisotopic (exact) mass is 249 g/mol. The first kappa shape index (κ1) is 13.1. The van der Waals surface area contributed by atoms with E-state index in [1.807, 2.05) is 12.1 Å². The van der Waals surface area contributed by atoms with E-state index < -0.39 is 5.54 Å². The fraction of sp³-hybridized carbons (Fsp3) is 0.500. The summed E-state index contributed by atoms with van der Waals surface area (Å²) in [5.41, 5.74) is 5.81. The second kappa shape index (κ2) is 5.50. The molecule has 1 atom stereocenters. The Labute approximate surface area is 107 Å². The predicted octanol–water partition coefficient (Wildman–Crippen LogP) is 1.78. The van der Waals surface area contributed by atoms with Crippen molar-refractivity contribution in [3.05, 3.63) is 29.8 Å². The predicted molar refractivity (Wildman–Crippen MR) is 68.9 cm³/mol. The minimum Gasteiger partial charge on any atom is -0.494 e. The number of rotatable bonds is 5. The van der Waals surface area contributed by atoms with Gasteiger partial charge in [0.05, 0.1) is 13.2 Å². The van der Waals surface area contributed by atoms with Gasteiger partial charge in [0.15, 0.2) is 5.78 Å². The Morgan fingerprint density at radius 1 is 1.44 bits per heavy atom. The minimum absolute atomic E-state index is 0.0537. The first-order valence-corrected chi connectivity index (χ1v) is 6.30. The smallest absolute Gasteiger partial charge is 0.185 e. The van der Waals surface area contributed by atoms with Gasteiger partial charge in [0.1, 0.15) is 11.3 Å². The molecule has 0 saturated carbocycles. The average Bonchev–Trinajstić information content (AvgIpc) is 2.84. The molecule has 0 aromatic heterocycles. The summed E-state index contributed by atoms with van der Waals surface area (Å²) >= 11 is 0. The average molecular weight is 249 g/mol. The van der Waals surface area contributed by atoms with E-state index in [1.54, 1.807) is 12.1 Å². The van der Waals surface area contributed by atoms with E-state index in [0.717, 1.165) is 12.2 Å². The lowest BCUT2D eigenvalue weighted by Gasteiger charge is -2.20. The van der Waals surface area contributed by atoms with E-state index in [9.17, 15) is 4.79 Å². The summed E-state index contributed by atoms with van der Waals surface area (Å²) in [5.74, 6) is 0.726. The molecule has 1 aromatic rings. The fourth-order valence-corrected chi connectivity index (χ4v) is 1.97.